The highest BCUT2D eigenvalue weighted by Crippen LogP contribution is 2.37. The lowest BCUT2D eigenvalue weighted by Gasteiger charge is -2.31. The van der Waals surface area contributed by atoms with Gasteiger partial charge < -0.3 is 4.90 Å². The molecule has 23 heavy (non-hydrogen) atoms. The first-order valence-electron chi connectivity index (χ1n) is 8.25. The van der Waals surface area contributed by atoms with Crippen molar-refractivity contribution in [2.24, 2.45) is 0 Å². The molecule has 0 spiro atoms. The number of nitrogens with zero attached hydrogens (tertiary/aromatic N) is 4. The molecule has 0 bridgehead atoms. The maximum atomic E-state index is 12.8. The number of likely N-dealkylation sites (tertiary alicyclic amines) is 1. The van der Waals surface area contributed by atoms with Crippen molar-refractivity contribution in [2.75, 3.05) is 13.1 Å². The third-order valence-electron chi connectivity index (χ3n) is 4.53. The molecule has 5 nitrogen and oxygen atoms in total. The minimum absolute atomic E-state index is 0.0345. The molecule has 2 aliphatic rings. The minimum Gasteiger partial charge on any atom is -0.337 e. The average molecular weight is 328 g/mol. The van der Waals surface area contributed by atoms with E-state index in [1.807, 2.05) is 11.8 Å². The van der Waals surface area contributed by atoms with E-state index in [1.54, 1.807) is 23.6 Å². The number of piperidine rings is 1. The molecule has 2 fully saturated rings. The second-order valence-electron chi connectivity index (χ2n) is 6.49. The highest BCUT2D eigenvalue weighted by Gasteiger charge is 2.30. The Labute approximate surface area is 139 Å². The molecule has 1 amide bonds. The Balaban J connectivity index is 1.50. The maximum absolute atomic E-state index is 12.8. The SMILES string of the molecule is Cc1csc([C@H]2CCCN(C(=O)c3ccnc(C4CC4)n3)C2)n1. The molecule has 120 valence electrons. The monoisotopic (exact) mass is 328 g/mol. The van der Waals surface area contributed by atoms with Gasteiger partial charge in [-0.25, -0.2) is 15.0 Å². The van der Waals surface area contributed by atoms with Gasteiger partial charge in [-0.1, -0.05) is 0 Å². The van der Waals surface area contributed by atoms with Gasteiger partial charge in [-0.2, -0.15) is 0 Å². The molecule has 1 aliphatic heterocycles. The highest BCUT2D eigenvalue weighted by atomic mass is 32.1. The zero-order valence-corrected chi connectivity index (χ0v) is 14.1. The number of aryl methyl sites for hydroxylation is 1. The quantitative estimate of drug-likeness (QED) is 0.868. The van der Waals surface area contributed by atoms with Crippen LogP contribution in [0.4, 0.5) is 0 Å². The summed E-state index contributed by atoms with van der Waals surface area (Å²) in [6.45, 7) is 3.57. The Kier molecular flexibility index (Phi) is 3.85. The molecule has 2 aromatic rings. The molecule has 0 unspecified atom stereocenters. The van der Waals surface area contributed by atoms with Crippen LogP contribution in [-0.4, -0.2) is 38.8 Å². The van der Waals surface area contributed by atoms with E-state index >= 15 is 0 Å². The van der Waals surface area contributed by atoms with Crippen LogP contribution in [0.2, 0.25) is 0 Å². The summed E-state index contributed by atoms with van der Waals surface area (Å²) in [5.41, 5.74) is 1.61. The first kappa shape index (κ1) is 14.8. The van der Waals surface area contributed by atoms with Crippen molar-refractivity contribution in [1.82, 2.24) is 19.9 Å². The number of aromatic nitrogens is 3. The number of carbonyl (C=O) groups is 1. The van der Waals surface area contributed by atoms with Gasteiger partial charge in [0.05, 0.1) is 5.01 Å². The van der Waals surface area contributed by atoms with Crippen LogP contribution >= 0.6 is 11.3 Å². The number of rotatable bonds is 3. The van der Waals surface area contributed by atoms with E-state index in [0.29, 0.717) is 17.5 Å². The maximum Gasteiger partial charge on any atom is 0.272 e. The zero-order chi connectivity index (χ0) is 15.8. The van der Waals surface area contributed by atoms with Gasteiger partial charge in [-0.3, -0.25) is 4.79 Å². The first-order chi connectivity index (χ1) is 11.2. The molecule has 1 saturated heterocycles. The lowest BCUT2D eigenvalue weighted by Crippen LogP contribution is -2.39. The van der Waals surface area contributed by atoms with Crippen LogP contribution in [-0.2, 0) is 0 Å². The second kappa shape index (κ2) is 6.00. The first-order valence-corrected chi connectivity index (χ1v) is 9.13. The Hall–Kier alpha value is -1.82. The van der Waals surface area contributed by atoms with Crippen molar-refractivity contribution < 1.29 is 4.79 Å². The standard InChI is InChI=1S/C17H20N4OS/c1-11-10-23-16(19-11)13-3-2-8-21(9-13)17(22)14-6-7-18-15(20-14)12-4-5-12/h6-7,10,12-13H,2-5,8-9H2,1H3/t13-/m0/s1. The molecule has 0 aromatic carbocycles. The van der Waals surface area contributed by atoms with Gasteiger partial charge in [0, 0.05) is 42.2 Å². The minimum atomic E-state index is 0.0345. The fraction of sp³-hybridized carbons (Fsp3) is 0.529. The lowest BCUT2D eigenvalue weighted by molar-refractivity contribution is 0.0700. The Morgan fingerprint density at radius 2 is 2.13 bits per heavy atom. The van der Waals surface area contributed by atoms with Gasteiger partial charge in [0.25, 0.3) is 5.91 Å². The smallest absolute Gasteiger partial charge is 0.272 e. The molecule has 1 saturated carbocycles. The topological polar surface area (TPSA) is 59.0 Å². The summed E-state index contributed by atoms with van der Waals surface area (Å²) in [5.74, 6) is 1.69. The molecular weight excluding hydrogens is 308 g/mol. The van der Waals surface area contributed by atoms with Gasteiger partial charge in [-0.15, -0.1) is 11.3 Å². The van der Waals surface area contributed by atoms with Crippen LogP contribution in [0.15, 0.2) is 17.6 Å². The molecule has 6 heteroatoms. The predicted molar refractivity (Wildman–Crippen MR) is 88.7 cm³/mol. The normalized spacial score (nSPS) is 21.4. The van der Waals surface area contributed by atoms with Crippen LogP contribution in [0, 0.1) is 6.92 Å². The van der Waals surface area contributed by atoms with Crippen LogP contribution in [0.1, 0.15) is 64.5 Å². The molecule has 1 atom stereocenters. The second-order valence-corrected chi connectivity index (χ2v) is 7.38. The summed E-state index contributed by atoms with van der Waals surface area (Å²) in [7, 11) is 0. The summed E-state index contributed by atoms with van der Waals surface area (Å²) in [6, 6.07) is 1.74. The van der Waals surface area contributed by atoms with E-state index in [9.17, 15) is 4.79 Å². The summed E-state index contributed by atoms with van der Waals surface area (Å²) in [4.78, 5) is 28.1. The summed E-state index contributed by atoms with van der Waals surface area (Å²) >= 11 is 1.71. The third-order valence-corrected chi connectivity index (χ3v) is 5.66. The lowest BCUT2D eigenvalue weighted by atomic mass is 9.98. The fourth-order valence-electron chi connectivity index (χ4n) is 3.12. The van der Waals surface area contributed by atoms with Gasteiger partial charge in [-0.05, 0) is 38.7 Å². The number of hydrogen-bond donors (Lipinski definition) is 0. The number of thiazole rings is 1. The number of carbonyl (C=O) groups excluding carboxylic acids is 1. The molecule has 4 rings (SSSR count). The molecule has 1 aliphatic carbocycles. The van der Waals surface area contributed by atoms with Crippen molar-refractivity contribution >= 4 is 17.2 Å². The van der Waals surface area contributed by atoms with Crippen LogP contribution in [0.3, 0.4) is 0 Å². The fourth-order valence-corrected chi connectivity index (χ4v) is 4.04. The summed E-state index contributed by atoms with van der Waals surface area (Å²) in [6.07, 6.45) is 6.14. The molecule has 3 heterocycles. The van der Waals surface area contributed by atoms with Gasteiger partial charge in [0.2, 0.25) is 0 Å². The summed E-state index contributed by atoms with van der Waals surface area (Å²) < 4.78 is 0. The van der Waals surface area contributed by atoms with E-state index in [-0.39, 0.29) is 5.91 Å². The molecule has 0 radical (unpaired) electrons. The average Bonchev–Trinajstić information content (AvgIpc) is 3.36. The largest absolute Gasteiger partial charge is 0.337 e. The van der Waals surface area contributed by atoms with Gasteiger partial charge >= 0.3 is 0 Å². The van der Waals surface area contributed by atoms with Crippen molar-refractivity contribution in [1.29, 1.82) is 0 Å². The molecule has 2 aromatic heterocycles. The molecule has 0 N–H and O–H groups in total. The number of amides is 1. The van der Waals surface area contributed by atoms with Crippen molar-refractivity contribution in [3.63, 3.8) is 0 Å². The number of hydrogen-bond acceptors (Lipinski definition) is 5. The van der Waals surface area contributed by atoms with E-state index in [0.717, 1.165) is 55.3 Å². The van der Waals surface area contributed by atoms with Crippen LogP contribution in [0.5, 0.6) is 0 Å². The van der Waals surface area contributed by atoms with Gasteiger partial charge in [0.1, 0.15) is 11.5 Å². The van der Waals surface area contributed by atoms with E-state index in [2.05, 4.69) is 20.3 Å². The summed E-state index contributed by atoms with van der Waals surface area (Å²) in [5, 5.41) is 3.24. The predicted octanol–water partition coefficient (Wildman–Crippen LogP) is 3.14. The zero-order valence-electron chi connectivity index (χ0n) is 13.2. The van der Waals surface area contributed by atoms with E-state index < -0.39 is 0 Å². The Bertz CT molecular complexity index is 725. The van der Waals surface area contributed by atoms with E-state index in [1.165, 1.54) is 0 Å². The third kappa shape index (κ3) is 3.13. The van der Waals surface area contributed by atoms with Crippen LogP contribution < -0.4 is 0 Å². The van der Waals surface area contributed by atoms with Gasteiger partial charge in [0.15, 0.2) is 0 Å². The molecular formula is C17H20N4OS. The van der Waals surface area contributed by atoms with E-state index in [4.69, 9.17) is 0 Å². The van der Waals surface area contributed by atoms with Crippen molar-refractivity contribution in [3.8, 4) is 0 Å². The highest BCUT2D eigenvalue weighted by molar-refractivity contribution is 7.09. The Morgan fingerprint density at radius 1 is 1.26 bits per heavy atom. The van der Waals surface area contributed by atoms with Crippen LogP contribution in [0.25, 0.3) is 0 Å². The van der Waals surface area contributed by atoms with Crippen molar-refractivity contribution in [3.05, 3.63) is 39.9 Å². The van der Waals surface area contributed by atoms with Crippen molar-refractivity contribution in [2.45, 2.75) is 44.4 Å². The Morgan fingerprint density at radius 3 is 2.87 bits per heavy atom.